The van der Waals surface area contributed by atoms with E-state index in [1.54, 1.807) is 11.0 Å². The van der Waals surface area contributed by atoms with E-state index in [2.05, 4.69) is 15.0 Å². The lowest BCUT2D eigenvalue weighted by Gasteiger charge is -2.28. The maximum absolute atomic E-state index is 13.1. The first-order valence-electron chi connectivity index (χ1n) is 8.93. The van der Waals surface area contributed by atoms with Crippen LogP contribution in [0, 0.1) is 13.8 Å². The minimum absolute atomic E-state index is 0.0841. The zero-order chi connectivity index (χ0) is 17.6. The smallest absolute Gasteiger partial charge is 0.258 e. The van der Waals surface area contributed by atoms with Gasteiger partial charge in [-0.3, -0.25) is 4.79 Å². The molecule has 4 heterocycles. The summed E-state index contributed by atoms with van der Waals surface area (Å²) in [7, 11) is 0. The highest BCUT2D eigenvalue weighted by Gasteiger charge is 2.40. The summed E-state index contributed by atoms with van der Waals surface area (Å²) < 4.78 is 5.22. The third-order valence-electron chi connectivity index (χ3n) is 5.31. The zero-order valence-electron chi connectivity index (χ0n) is 14.8. The highest BCUT2D eigenvalue weighted by Crippen LogP contribution is 2.28. The lowest BCUT2D eigenvalue weighted by atomic mass is 10.0. The summed E-state index contributed by atoms with van der Waals surface area (Å²) in [5.41, 5.74) is 1.53. The Bertz CT molecular complexity index is 812. The number of carbonyl (C=O) groups is 1. The van der Waals surface area contributed by atoms with E-state index < -0.39 is 5.60 Å². The van der Waals surface area contributed by atoms with Gasteiger partial charge in [-0.25, -0.2) is 4.98 Å². The number of fused-ring (bicyclic) bond motifs is 1. The molecule has 2 aliphatic rings. The second-order valence-electron chi connectivity index (χ2n) is 7.44. The Kier molecular flexibility index (Phi) is 4.00. The molecule has 25 heavy (non-hydrogen) atoms. The summed E-state index contributed by atoms with van der Waals surface area (Å²) in [4.78, 5) is 21.4. The van der Waals surface area contributed by atoms with Gasteiger partial charge in [0.1, 0.15) is 0 Å². The van der Waals surface area contributed by atoms with Crippen molar-refractivity contribution in [1.82, 2.24) is 19.9 Å². The summed E-state index contributed by atoms with van der Waals surface area (Å²) in [6, 6.07) is 1.78. The van der Waals surface area contributed by atoms with Crippen LogP contribution >= 0.6 is 0 Å². The first-order valence-corrected chi connectivity index (χ1v) is 8.93. The van der Waals surface area contributed by atoms with E-state index in [1.807, 2.05) is 13.8 Å². The Balaban J connectivity index is 1.57. The average Bonchev–Trinajstić information content (AvgIpc) is 3.28. The Hall–Kier alpha value is -1.99. The van der Waals surface area contributed by atoms with Crippen LogP contribution in [0.1, 0.15) is 41.0 Å². The van der Waals surface area contributed by atoms with Crippen LogP contribution < -0.4 is 0 Å². The fourth-order valence-corrected chi connectivity index (χ4v) is 4.07. The summed E-state index contributed by atoms with van der Waals surface area (Å²) >= 11 is 0. The highest BCUT2D eigenvalue weighted by molar-refractivity contribution is 6.06. The molecule has 134 valence electrons. The molecule has 1 amide bonds. The minimum Gasteiger partial charge on any atom is -0.387 e. The van der Waals surface area contributed by atoms with Gasteiger partial charge in [-0.05, 0) is 52.3 Å². The Labute approximate surface area is 146 Å². The van der Waals surface area contributed by atoms with Gasteiger partial charge >= 0.3 is 0 Å². The number of aliphatic hydroxyl groups is 1. The van der Waals surface area contributed by atoms with Gasteiger partial charge in [0, 0.05) is 18.8 Å². The van der Waals surface area contributed by atoms with Gasteiger partial charge in [0.15, 0.2) is 0 Å². The summed E-state index contributed by atoms with van der Waals surface area (Å²) in [5, 5.41) is 15.5. The van der Waals surface area contributed by atoms with E-state index in [1.165, 1.54) is 12.8 Å². The zero-order valence-corrected chi connectivity index (χ0v) is 14.8. The topological polar surface area (TPSA) is 82.7 Å². The molecule has 1 unspecified atom stereocenters. The molecule has 4 rings (SSSR count). The van der Waals surface area contributed by atoms with Gasteiger partial charge < -0.3 is 19.4 Å². The fourth-order valence-electron chi connectivity index (χ4n) is 4.07. The molecule has 7 nitrogen and oxygen atoms in total. The molecular weight excluding hydrogens is 320 g/mol. The molecule has 2 aromatic rings. The molecule has 0 aromatic carbocycles. The van der Waals surface area contributed by atoms with Gasteiger partial charge in [0.05, 0.1) is 28.8 Å². The number of amides is 1. The van der Waals surface area contributed by atoms with Crippen LogP contribution in [0.25, 0.3) is 11.1 Å². The van der Waals surface area contributed by atoms with Gasteiger partial charge in [-0.2, -0.15) is 0 Å². The minimum atomic E-state index is -0.815. The van der Waals surface area contributed by atoms with E-state index >= 15 is 0 Å². The quantitative estimate of drug-likeness (QED) is 0.909. The molecule has 0 bridgehead atoms. The number of aromatic nitrogens is 2. The van der Waals surface area contributed by atoms with Crippen LogP contribution in [0.3, 0.4) is 0 Å². The van der Waals surface area contributed by atoms with Gasteiger partial charge in [-0.1, -0.05) is 5.16 Å². The van der Waals surface area contributed by atoms with E-state index in [4.69, 9.17) is 4.52 Å². The largest absolute Gasteiger partial charge is 0.387 e. The maximum atomic E-state index is 13.1. The van der Waals surface area contributed by atoms with Crippen LogP contribution in [-0.4, -0.2) is 69.3 Å². The highest BCUT2D eigenvalue weighted by atomic mass is 16.5. The van der Waals surface area contributed by atoms with Crippen LogP contribution in [0.5, 0.6) is 0 Å². The second-order valence-corrected chi connectivity index (χ2v) is 7.44. The number of hydrogen-bond acceptors (Lipinski definition) is 6. The summed E-state index contributed by atoms with van der Waals surface area (Å²) in [5.74, 6) is -0.0841. The average molecular weight is 344 g/mol. The third kappa shape index (κ3) is 3.02. The molecule has 2 fully saturated rings. The second kappa shape index (κ2) is 6.07. The van der Waals surface area contributed by atoms with Crippen molar-refractivity contribution in [1.29, 1.82) is 0 Å². The number of pyridine rings is 1. The molecule has 0 aliphatic carbocycles. The number of likely N-dealkylation sites (tertiary alicyclic amines) is 2. The maximum Gasteiger partial charge on any atom is 0.258 e. The van der Waals surface area contributed by atoms with Crippen molar-refractivity contribution < 1.29 is 14.4 Å². The third-order valence-corrected chi connectivity index (χ3v) is 5.31. The molecule has 0 radical (unpaired) electrons. The number of carbonyl (C=O) groups excluding carboxylic acids is 1. The molecule has 2 saturated heterocycles. The van der Waals surface area contributed by atoms with Crippen molar-refractivity contribution in [3.8, 4) is 0 Å². The fraction of sp³-hybridized carbons (Fsp3) is 0.611. The Morgan fingerprint density at radius 2 is 2.08 bits per heavy atom. The lowest BCUT2D eigenvalue weighted by Crippen LogP contribution is -2.45. The van der Waals surface area contributed by atoms with Crippen molar-refractivity contribution in [3.05, 3.63) is 23.0 Å². The Morgan fingerprint density at radius 1 is 1.32 bits per heavy atom. The normalized spacial score (nSPS) is 24.5. The molecule has 2 aromatic heterocycles. The Morgan fingerprint density at radius 3 is 2.84 bits per heavy atom. The van der Waals surface area contributed by atoms with Crippen molar-refractivity contribution in [2.45, 2.75) is 38.7 Å². The van der Waals surface area contributed by atoms with E-state index in [0.29, 0.717) is 48.4 Å². The van der Waals surface area contributed by atoms with Crippen molar-refractivity contribution >= 4 is 17.0 Å². The first kappa shape index (κ1) is 16.5. The van der Waals surface area contributed by atoms with Gasteiger partial charge in [0.2, 0.25) is 0 Å². The molecular formula is C18H24N4O3. The predicted molar refractivity (Wildman–Crippen MR) is 92.4 cm³/mol. The summed E-state index contributed by atoms with van der Waals surface area (Å²) in [6.07, 6.45) is 3.00. The van der Waals surface area contributed by atoms with E-state index in [0.717, 1.165) is 18.8 Å². The number of hydrogen-bond donors (Lipinski definition) is 1. The van der Waals surface area contributed by atoms with Crippen molar-refractivity contribution in [3.63, 3.8) is 0 Å². The van der Waals surface area contributed by atoms with Crippen LogP contribution in [-0.2, 0) is 0 Å². The first-order chi connectivity index (χ1) is 12.0. The molecule has 7 heteroatoms. The number of aryl methyl sites for hydroxylation is 2. The molecule has 1 N–H and O–H groups in total. The van der Waals surface area contributed by atoms with Crippen LogP contribution in [0.4, 0.5) is 0 Å². The standard InChI is InChI=1S/C18H24N4O3/c1-12-9-14(15-13(2)20-25-16(15)19-12)17(23)22-8-5-18(24,11-22)10-21-6-3-4-7-21/h9,24H,3-8,10-11H2,1-2H3. The summed E-state index contributed by atoms with van der Waals surface area (Å²) in [6.45, 7) is 7.31. The van der Waals surface area contributed by atoms with E-state index in [9.17, 15) is 9.90 Å². The number of rotatable bonds is 3. The van der Waals surface area contributed by atoms with Crippen molar-refractivity contribution in [2.75, 3.05) is 32.7 Å². The van der Waals surface area contributed by atoms with Gasteiger partial charge in [0.25, 0.3) is 11.6 Å². The lowest BCUT2D eigenvalue weighted by molar-refractivity contribution is 0.0176. The molecule has 0 spiro atoms. The van der Waals surface area contributed by atoms with Crippen LogP contribution in [0.15, 0.2) is 10.6 Å². The molecule has 2 aliphatic heterocycles. The van der Waals surface area contributed by atoms with Crippen molar-refractivity contribution in [2.24, 2.45) is 0 Å². The SMILES string of the molecule is Cc1cc(C(=O)N2CCC(O)(CN3CCCC3)C2)c2c(C)noc2n1. The molecule has 1 atom stereocenters. The van der Waals surface area contributed by atoms with Crippen LogP contribution in [0.2, 0.25) is 0 Å². The molecule has 0 saturated carbocycles. The predicted octanol–water partition coefficient (Wildman–Crippen LogP) is 1.51. The van der Waals surface area contributed by atoms with E-state index in [-0.39, 0.29) is 5.91 Å². The number of β-amino-alcohol motifs (C(OH)–C–C–N with tert-alkyl or cyclic N) is 1. The monoisotopic (exact) mass is 344 g/mol. The number of nitrogens with zero attached hydrogens (tertiary/aromatic N) is 4. The van der Waals surface area contributed by atoms with Gasteiger partial charge in [-0.15, -0.1) is 0 Å².